The van der Waals surface area contributed by atoms with Gasteiger partial charge in [-0.05, 0) is 0 Å². The molecule has 0 aromatic carbocycles. The van der Waals surface area contributed by atoms with Gasteiger partial charge in [0.1, 0.15) is 0 Å². The molecular formula is C7H14INO. The zero-order chi connectivity index (χ0) is 7.40. The van der Waals surface area contributed by atoms with Crippen LogP contribution in [0.15, 0.2) is 0 Å². The lowest BCUT2D eigenvalue weighted by Crippen LogP contribution is -2.38. The standard InChI is InChI=1S/C7H14INO/c1-7(8)6-9-2-4-10-5-3-9/h7H,2-6H2,1H3. The lowest BCUT2D eigenvalue weighted by Gasteiger charge is -2.27. The maximum atomic E-state index is 5.24. The van der Waals surface area contributed by atoms with E-state index in [2.05, 4.69) is 34.4 Å². The molecule has 0 aromatic rings. The summed E-state index contributed by atoms with van der Waals surface area (Å²) in [6, 6.07) is 0. The first-order valence-corrected chi connectivity index (χ1v) is 4.98. The number of nitrogens with zero attached hydrogens (tertiary/aromatic N) is 1. The molecule has 0 spiro atoms. The largest absolute Gasteiger partial charge is 0.379 e. The molecule has 1 aliphatic heterocycles. The molecule has 0 aromatic heterocycles. The van der Waals surface area contributed by atoms with Crippen molar-refractivity contribution in [3.8, 4) is 0 Å². The average Bonchev–Trinajstić information content (AvgIpc) is 1.88. The molecule has 10 heavy (non-hydrogen) atoms. The summed E-state index contributed by atoms with van der Waals surface area (Å²) in [6.45, 7) is 7.54. The maximum absolute atomic E-state index is 5.24. The zero-order valence-electron chi connectivity index (χ0n) is 6.35. The number of ether oxygens (including phenoxy) is 1. The Kier molecular flexibility index (Phi) is 3.95. The van der Waals surface area contributed by atoms with Gasteiger partial charge in [0.25, 0.3) is 0 Å². The molecule has 1 unspecified atom stereocenters. The molecule has 0 amide bonds. The number of alkyl halides is 1. The molecule has 1 aliphatic rings. The average molecular weight is 255 g/mol. The minimum Gasteiger partial charge on any atom is -0.379 e. The topological polar surface area (TPSA) is 12.5 Å². The summed E-state index contributed by atoms with van der Waals surface area (Å²) >= 11 is 2.46. The number of hydrogen-bond acceptors (Lipinski definition) is 2. The molecule has 0 bridgehead atoms. The minimum atomic E-state index is 0.760. The van der Waals surface area contributed by atoms with E-state index in [1.54, 1.807) is 0 Å². The molecule has 1 heterocycles. The molecule has 2 nitrogen and oxygen atoms in total. The highest BCUT2D eigenvalue weighted by Gasteiger charge is 2.11. The highest BCUT2D eigenvalue weighted by molar-refractivity contribution is 14.1. The van der Waals surface area contributed by atoms with Crippen LogP contribution < -0.4 is 0 Å². The smallest absolute Gasteiger partial charge is 0.0594 e. The Morgan fingerprint density at radius 3 is 2.60 bits per heavy atom. The summed E-state index contributed by atoms with van der Waals surface area (Å²) in [5.74, 6) is 0. The minimum absolute atomic E-state index is 0.760. The van der Waals surface area contributed by atoms with E-state index in [9.17, 15) is 0 Å². The molecule has 0 N–H and O–H groups in total. The summed E-state index contributed by atoms with van der Waals surface area (Å²) in [6.07, 6.45) is 0. The molecule has 1 atom stereocenters. The van der Waals surface area contributed by atoms with Crippen molar-refractivity contribution in [1.29, 1.82) is 0 Å². The second-order valence-corrected chi connectivity index (χ2v) is 4.82. The third-order valence-corrected chi connectivity index (χ3v) is 2.01. The Hall–Kier alpha value is 0.650. The summed E-state index contributed by atoms with van der Waals surface area (Å²) in [5, 5.41) is 0. The number of rotatable bonds is 2. The van der Waals surface area contributed by atoms with Gasteiger partial charge in [-0.1, -0.05) is 29.5 Å². The summed E-state index contributed by atoms with van der Waals surface area (Å²) in [5.41, 5.74) is 0. The molecular weight excluding hydrogens is 241 g/mol. The van der Waals surface area contributed by atoms with Crippen LogP contribution in [0, 0.1) is 0 Å². The normalized spacial score (nSPS) is 24.6. The summed E-state index contributed by atoms with van der Waals surface area (Å²) in [7, 11) is 0. The zero-order valence-corrected chi connectivity index (χ0v) is 8.50. The van der Waals surface area contributed by atoms with Crippen LogP contribution in [0.5, 0.6) is 0 Å². The molecule has 0 radical (unpaired) electrons. The summed E-state index contributed by atoms with van der Waals surface area (Å²) in [4.78, 5) is 2.46. The SMILES string of the molecule is CC(I)CN1CCOCC1. The maximum Gasteiger partial charge on any atom is 0.0594 e. The van der Waals surface area contributed by atoms with Crippen molar-refractivity contribution in [2.75, 3.05) is 32.8 Å². The fourth-order valence-corrected chi connectivity index (χ4v) is 1.70. The van der Waals surface area contributed by atoms with Gasteiger partial charge >= 0.3 is 0 Å². The lowest BCUT2D eigenvalue weighted by molar-refractivity contribution is 0.0391. The molecule has 60 valence electrons. The fourth-order valence-electron chi connectivity index (χ4n) is 1.14. The van der Waals surface area contributed by atoms with Crippen molar-refractivity contribution in [2.45, 2.75) is 10.8 Å². The van der Waals surface area contributed by atoms with Crippen LogP contribution in [0.3, 0.4) is 0 Å². The lowest BCUT2D eigenvalue weighted by atomic mass is 10.4. The van der Waals surface area contributed by atoms with E-state index in [-0.39, 0.29) is 0 Å². The van der Waals surface area contributed by atoms with Gasteiger partial charge in [0.05, 0.1) is 13.2 Å². The molecule has 0 aliphatic carbocycles. The summed E-state index contributed by atoms with van der Waals surface area (Å²) < 4.78 is 6.00. The van der Waals surface area contributed by atoms with Gasteiger partial charge in [-0.25, -0.2) is 0 Å². The van der Waals surface area contributed by atoms with Crippen LogP contribution in [-0.4, -0.2) is 41.7 Å². The number of morpholine rings is 1. The van der Waals surface area contributed by atoms with E-state index in [4.69, 9.17) is 4.74 Å². The van der Waals surface area contributed by atoms with Gasteiger partial charge in [-0.15, -0.1) is 0 Å². The Morgan fingerprint density at radius 2 is 2.10 bits per heavy atom. The molecule has 3 heteroatoms. The Labute approximate surface area is 76.1 Å². The van der Waals surface area contributed by atoms with Crippen LogP contribution in [0.1, 0.15) is 6.92 Å². The predicted molar refractivity (Wildman–Crippen MR) is 50.7 cm³/mol. The van der Waals surface area contributed by atoms with Crippen LogP contribution in [-0.2, 0) is 4.74 Å². The van der Waals surface area contributed by atoms with Crippen molar-refractivity contribution in [3.05, 3.63) is 0 Å². The Balaban J connectivity index is 2.13. The van der Waals surface area contributed by atoms with Crippen LogP contribution in [0.25, 0.3) is 0 Å². The van der Waals surface area contributed by atoms with Gasteiger partial charge in [0, 0.05) is 23.6 Å². The van der Waals surface area contributed by atoms with Crippen LogP contribution >= 0.6 is 22.6 Å². The van der Waals surface area contributed by atoms with E-state index in [0.717, 1.165) is 30.2 Å². The first-order valence-electron chi connectivity index (χ1n) is 3.73. The fraction of sp³-hybridized carbons (Fsp3) is 1.00. The number of hydrogen-bond donors (Lipinski definition) is 0. The predicted octanol–water partition coefficient (Wildman–Crippen LogP) is 1.14. The molecule has 0 saturated carbocycles. The molecule has 1 rings (SSSR count). The highest BCUT2D eigenvalue weighted by Crippen LogP contribution is 2.04. The Bertz CT molecular complexity index is 91.6. The van der Waals surface area contributed by atoms with Gasteiger partial charge in [0.2, 0.25) is 0 Å². The van der Waals surface area contributed by atoms with E-state index in [1.165, 1.54) is 6.54 Å². The second kappa shape index (κ2) is 4.51. The van der Waals surface area contributed by atoms with Gasteiger partial charge < -0.3 is 4.74 Å². The van der Waals surface area contributed by atoms with Crippen LogP contribution in [0.4, 0.5) is 0 Å². The van der Waals surface area contributed by atoms with E-state index >= 15 is 0 Å². The Morgan fingerprint density at radius 1 is 1.50 bits per heavy atom. The van der Waals surface area contributed by atoms with Crippen molar-refractivity contribution >= 4 is 22.6 Å². The van der Waals surface area contributed by atoms with E-state index in [1.807, 2.05) is 0 Å². The van der Waals surface area contributed by atoms with E-state index < -0.39 is 0 Å². The molecule has 1 fully saturated rings. The quantitative estimate of drug-likeness (QED) is 0.542. The van der Waals surface area contributed by atoms with Crippen molar-refractivity contribution in [2.24, 2.45) is 0 Å². The second-order valence-electron chi connectivity index (χ2n) is 2.69. The monoisotopic (exact) mass is 255 g/mol. The van der Waals surface area contributed by atoms with Gasteiger partial charge in [0.15, 0.2) is 0 Å². The third kappa shape index (κ3) is 3.16. The third-order valence-electron chi connectivity index (χ3n) is 1.61. The molecule has 1 saturated heterocycles. The highest BCUT2D eigenvalue weighted by atomic mass is 127. The number of halogens is 1. The van der Waals surface area contributed by atoms with E-state index in [0.29, 0.717) is 0 Å². The van der Waals surface area contributed by atoms with Crippen molar-refractivity contribution in [1.82, 2.24) is 4.90 Å². The first-order chi connectivity index (χ1) is 4.79. The van der Waals surface area contributed by atoms with Gasteiger partial charge in [-0.2, -0.15) is 0 Å². The van der Waals surface area contributed by atoms with Crippen molar-refractivity contribution in [3.63, 3.8) is 0 Å². The van der Waals surface area contributed by atoms with Crippen LogP contribution in [0.2, 0.25) is 0 Å². The van der Waals surface area contributed by atoms with Crippen molar-refractivity contribution < 1.29 is 4.74 Å². The first kappa shape index (κ1) is 8.74. The van der Waals surface area contributed by atoms with Gasteiger partial charge in [-0.3, -0.25) is 4.90 Å².